The number of piperazine rings is 1. The van der Waals surface area contributed by atoms with Gasteiger partial charge >= 0.3 is 0 Å². The summed E-state index contributed by atoms with van der Waals surface area (Å²) >= 11 is 3.58. The molecule has 2 rings (SSSR count). The molecule has 0 radical (unpaired) electrons. The molecule has 5 heteroatoms. The zero-order valence-electron chi connectivity index (χ0n) is 16.8. The topological polar surface area (TPSA) is 15.7 Å². The van der Waals surface area contributed by atoms with Gasteiger partial charge in [0, 0.05) is 49.8 Å². The lowest BCUT2D eigenvalue weighted by molar-refractivity contribution is 0.0900. The van der Waals surface area contributed by atoms with Crippen molar-refractivity contribution in [3.8, 4) is 0 Å². The Morgan fingerprint density at radius 1 is 1.16 bits per heavy atom. The summed E-state index contributed by atoms with van der Waals surface area (Å²) in [5.41, 5.74) is 1.39. The third kappa shape index (κ3) is 5.89. The highest BCUT2D eigenvalue weighted by atomic mass is 79.9. The van der Waals surface area contributed by atoms with E-state index in [1.54, 1.807) is 0 Å². The highest BCUT2D eigenvalue weighted by Gasteiger charge is 2.37. The Bertz CT molecular complexity index is 551. The fourth-order valence-electron chi connectivity index (χ4n) is 3.00. The molecule has 0 bridgehead atoms. The Morgan fingerprint density at radius 3 is 2.36 bits per heavy atom. The van der Waals surface area contributed by atoms with E-state index in [2.05, 4.69) is 90.8 Å². The summed E-state index contributed by atoms with van der Waals surface area (Å²) in [5.74, 6) is 0. The normalized spacial score (nSPS) is 19.2. The van der Waals surface area contributed by atoms with Gasteiger partial charge in [0.15, 0.2) is 8.32 Å². The van der Waals surface area contributed by atoms with Crippen molar-refractivity contribution in [3.63, 3.8) is 0 Å². The second-order valence-corrected chi connectivity index (χ2v) is 14.4. The van der Waals surface area contributed by atoms with Crippen molar-refractivity contribution < 1.29 is 4.43 Å². The summed E-state index contributed by atoms with van der Waals surface area (Å²) in [7, 11) is -1.61. The van der Waals surface area contributed by atoms with E-state index >= 15 is 0 Å². The average Bonchev–Trinajstić information content (AvgIpc) is 2.53. The average molecular weight is 428 g/mol. The predicted molar refractivity (Wildman–Crippen MR) is 114 cm³/mol. The molecule has 0 unspecified atom stereocenters. The van der Waals surface area contributed by atoms with Crippen LogP contribution in [0.5, 0.6) is 0 Å². The smallest absolute Gasteiger partial charge is 0.192 e. The van der Waals surface area contributed by atoms with E-state index in [1.165, 1.54) is 10.0 Å². The lowest BCUT2D eigenvalue weighted by Crippen LogP contribution is -2.49. The van der Waals surface area contributed by atoms with Gasteiger partial charge in [0.05, 0.1) is 0 Å². The number of rotatable bonds is 6. The van der Waals surface area contributed by atoms with Crippen LogP contribution in [0.2, 0.25) is 18.1 Å². The molecule has 1 fully saturated rings. The molecule has 0 spiro atoms. The molecular weight excluding hydrogens is 392 g/mol. The van der Waals surface area contributed by atoms with Crippen LogP contribution < -0.4 is 0 Å². The predicted octanol–water partition coefficient (Wildman–Crippen LogP) is 5.15. The van der Waals surface area contributed by atoms with Crippen molar-refractivity contribution in [2.45, 2.75) is 51.9 Å². The quantitative estimate of drug-likeness (QED) is 0.584. The van der Waals surface area contributed by atoms with Crippen LogP contribution in [0.3, 0.4) is 0 Å². The Labute approximate surface area is 164 Å². The van der Waals surface area contributed by atoms with Gasteiger partial charge in [-0.3, -0.25) is 9.80 Å². The first-order valence-corrected chi connectivity index (χ1v) is 13.2. The Hall–Kier alpha value is -0.203. The van der Waals surface area contributed by atoms with Crippen LogP contribution in [0.1, 0.15) is 39.3 Å². The molecule has 0 N–H and O–H groups in total. The first-order chi connectivity index (χ1) is 11.6. The van der Waals surface area contributed by atoms with E-state index in [4.69, 9.17) is 4.43 Å². The van der Waals surface area contributed by atoms with E-state index in [0.717, 1.165) is 39.3 Å². The minimum atomic E-state index is -1.61. The summed E-state index contributed by atoms with van der Waals surface area (Å²) in [6, 6.07) is 9.17. The maximum absolute atomic E-state index is 6.33. The lowest BCUT2D eigenvalue weighted by atomic mass is 10.1. The molecule has 1 heterocycles. The highest BCUT2D eigenvalue weighted by Crippen LogP contribution is 2.36. The van der Waals surface area contributed by atoms with Crippen LogP contribution in [0.25, 0.3) is 0 Å². The van der Waals surface area contributed by atoms with Gasteiger partial charge in [-0.2, -0.15) is 0 Å². The molecule has 0 amide bonds. The Kier molecular flexibility index (Phi) is 7.31. The fourth-order valence-corrected chi connectivity index (χ4v) is 4.45. The van der Waals surface area contributed by atoms with Crippen LogP contribution >= 0.6 is 15.9 Å². The second-order valence-electron chi connectivity index (χ2n) is 8.72. The van der Waals surface area contributed by atoms with Gasteiger partial charge in [-0.1, -0.05) is 48.8 Å². The van der Waals surface area contributed by atoms with Gasteiger partial charge in [-0.15, -0.1) is 0 Å². The number of nitrogens with zero attached hydrogens (tertiary/aromatic N) is 2. The van der Waals surface area contributed by atoms with Crippen molar-refractivity contribution >= 4 is 24.2 Å². The highest BCUT2D eigenvalue weighted by molar-refractivity contribution is 9.10. The van der Waals surface area contributed by atoms with Gasteiger partial charge in [0.1, 0.15) is 0 Å². The molecule has 1 aromatic carbocycles. The van der Waals surface area contributed by atoms with Crippen LogP contribution in [0.15, 0.2) is 28.7 Å². The summed E-state index contributed by atoms with van der Waals surface area (Å²) in [6.07, 6.45) is 0. The minimum absolute atomic E-state index is 0.297. The van der Waals surface area contributed by atoms with Gasteiger partial charge < -0.3 is 4.43 Å². The monoisotopic (exact) mass is 426 g/mol. The lowest BCUT2D eigenvalue weighted by Gasteiger charge is -2.40. The SMILES string of the molecule is C[C@@H](c1cccc(Br)c1)N1CCN(CCO[Si](C)(C)C(C)(C)C)CC1. The summed E-state index contributed by atoms with van der Waals surface area (Å²) in [4.78, 5) is 5.14. The largest absolute Gasteiger partial charge is 0.416 e. The molecule has 1 aliphatic heterocycles. The first kappa shape index (κ1) is 21.1. The number of hydrogen-bond acceptors (Lipinski definition) is 3. The molecule has 0 aromatic heterocycles. The van der Waals surface area contributed by atoms with Crippen LogP contribution in [-0.4, -0.2) is 57.4 Å². The van der Waals surface area contributed by atoms with Crippen molar-refractivity contribution in [2.24, 2.45) is 0 Å². The van der Waals surface area contributed by atoms with Gasteiger partial charge in [0.25, 0.3) is 0 Å². The van der Waals surface area contributed by atoms with Gasteiger partial charge in [-0.25, -0.2) is 0 Å². The van der Waals surface area contributed by atoms with Gasteiger partial charge in [-0.05, 0) is 42.8 Å². The molecule has 0 saturated carbocycles. The number of halogens is 1. The van der Waals surface area contributed by atoms with E-state index < -0.39 is 8.32 Å². The third-order valence-electron chi connectivity index (χ3n) is 5.96. The Balaban J connectivity index is 1.76. The van der Waals surface area contributed by atoms with Crippen LogP contribution in [0, 0.1) is 0 Å². The molecule has 1 atom stereocenters. The molecule has 1 aromatic rings. The number of benzene rings is 1. The summed E-state index contributed by atoms with van der Waals surface area (Å²) in [5, 5.41) is 0.297. The van der Waals surface area contributed by atoms with Crippen LogP contribution in [0.4, 0.5) is 0 Å². The van der Waals surface area contributed by atoms with E-state index in [1.807, 2.05) is 0 Å². The third-order valence-corrected chi connectivity index (χ3v) is 11.0. The number of hydrogen-bond donors (Lipinski definition) is 0. The van der Waals surface area contributed by atoms with Crippen molar-refractivity contribution in [3.05, 3.63) is 34.3 Å². The maximum atomic E-state index is 6.33. The van der Waals surface area contributed by atoms with Crippen molar-refractivity contribution in [1.29, 1.82) is 0 Å². The molecule has 0 aliphatic carbocycles. The van der Waals surface area contributed by atoms with E-state index in [0.29, 0.717) is 11.1 Å². The summed E-state index contributed by atoms with van der Waals surface area (Å²) < 4.78 is 7.50. The van der Waals surface area contributed by atoms with Crippen LogP contribution in [-0.2, 0) is 4.43 Å². The molecule has 25 heavy (non-hydrogen) atoms. The van der Waals surface area contributed by atoms with Gasteiger partial charge in [0.2, 0.25) is 0 Å². The van der Waals surface area contributed by atoms with Crippen molar-refractivity contribution in [1.82, 2.24) is 9.80 Å². The Morgan fingerprint density at radius 2 is 1.80 bits per heavy atom. The second kappa shape index (κ2) is 8.66. The van der Waals surface area contributed by atoms with Crippen molar-refractivity contribution in [2.75, 3.05) is 39.3 Å². The molecule has 1 aliphatic rings. The fraction of sp³-hybridized carbons (Fsp3) is 0.700. The first-order valence-electron chi connectivity index (χ1n) is 9.46. The zero-order chi connectivity index (χ0) is 18.7. The molecule has 142 valence electrons. The zero-order valence-corrected chi connectivity index (χ0v) is 19.4. The molecule has 3 nitrogen and oxygen atoms in total. The molecule has 1 saturated heterocycles. The standard InChI is InChI=1S/C20H35BrN2OSi/c1-17(18-8-7-9-19(21)16-18)23-12-10-22(11-13-23)14-15-24-25(5,6)20(2,3)4/h7-9,16-17H,10-15H2,1-6H3/t17-/m0/s1. The van der Waals surface area contributed by atoms with E-state index in [-0.39, 0.29) is 0 Å². The summed E-state index contributed by atoms with van der Waals surface area (Å²) in [6.45, 7) is 20.4. The maximum Gasteiger partial charge on any atom is 0.192 e. The molecular formula is C20H35BrN2OSi. The minimum Gasteiger partial charge on any atom is -0.416 e. The van der Waals surface area contributed by atoms with E-state index in [9.17, 15) is 0 Å².